The maximum Gasteiger partial charge on any atom is 0.472 e. The Morgan fingerprint density at radius 2 is 1.06 bits per heavy atom. The number of phosphoric acid groups is 1. The number of unbranched alkanes of at least 4 members (excludes halogenated alkanes) is 14. The van der Waals surface area contributed by atoms with E-state index in [0.717, 1.165) is 51.4 Å². The molecular formula is C42H75O9P. The van der Waals surface area contributed by atoms with Gasteiger partial charge in [0.25, 0.3) is 0 Å². The summed E-state index contributed by atoms with van der Waals surface area (Å²) >= 11 is 0. The minimum Gasteiger partial charge on any atom is -0.457 e. The second kappa shape index (κ2) is 38.9. The van der Waals surface area contributed by atoms with Gasteiger partial charge in [-0.05, 0) is 44.9 Å². The lowest BCUT2D eigenvalue weighted by Crippen LogP contribution is -2.29. The smallest absolute Gasteiger partial charge is 0.457 e. The number of rotatable bonds is 38. The number of carbonyl (C=O) groups is 1. The Balaban J connectivity index is 4.33. The van der Waals surface area contributed by atoms with E-state index in [1.807, 2.05) is 6.08 Å². The highest BCUT2D eigenvalue weighted by atomic mass is 31.2. The highest BCUT2D eigenvalue weighted by Gasteiger charge is 2.26. The molecule has 0 amide bonds. The van der Waals surface area contributed by atoms with Crippen molar-refractivity contribution in [1.29, 1.82) is 0 Å². The molecule has 0 aromatic heterocycles. The van der Waals surface area contributed by atoms with Crippen LogP contribution in [0, 0.1) is 0 Å². The van der Waals surface area contributed by atoms with Crippen molar-refractivity contribution in [2.75, 3.05) is 33.0 Å². The highest BCUT2D eigenvalue weighted by molar-refractivity contribution is 7.47. The fourth-order valence-corrected chi connectivity index (χ4v) is 5.97. The van der Waals surface area contributed by atoms with E-state index in [9.17, 15) is 19.4 Å². The van der Waals surface area contributed by atoms with Crippen LogP contribution in [0.1, 0.15) is 155 Å². The van der Waals surface area contributed by atoms with Crippen LogP contribution in [-0.2, 0) is 27.9 Å². The second-order valence-electron chi connectivity index (χ2n) is 13.3. The summed E-state index contributed by atoms with van der Waals surface area (Å²) in [6, 6.07) is 0. The van der Waals surface area contributed by atoms with Crippen molar-refractivity contribution in [2.45, 2.75) is 167 Å². The monoisotopic (exact) mass is 755 g/mol. The lowest BCUT2D eigenvalue weighted by atomic mass is 10.0. The van der Waals surface area contributed by atoms with E-state index in [4.69, 9.17) is 23.6 Å². The van der Waals surface area contributed by atoms with Gasteiger partial charge in [0.15, 0.2) is 0 Å². The highest BCUT2D eigenvalue weighted by Crippen LogP contribution is 2.43. The fourth-order valence-electron chi connectivity index (χ4n) is 5.18. The van der Waals surface area contributed by atoms with E-state index >= 15 is 0 Å². The Labute approximate surface area is 317 Å². The molecule has 0 aromatic rings. The van der Waals surface area contributed by atoms with Gasteiger partial charge in [-0.2, -0.15) is 0 Å². The van der Waals surface area contributed by atoms with E-state index in [1.54, 1.807) is 0 Å². The molecule has 0 aliphatic rings. The topological polar surface area (TPSA) is 132 Å². The first-order chi connectivity index (χ1) is 25.3. The third-order valence-corrected chi connectivity index (χ3v) is 9.19. The average molecular weight is 755 g/mol. The van der Waals surface area contributed by atoms with Gasteiger partial charge in [-0.25, -0.2) is 4.57 Å². The number of aliphatic hydroxyl groups excluding tert-OH is 2. The van der Waals surface area contributed by atoms with Gasteiger partial charge < -0.3 is 24.6 Å². The van der Waals surface area contributed by atoms with Crippen LogP contribution in [0.15, 0.2) is 60.8 Å². The van der Waals surface area contributed by atoms with Gasteiger partial charge in [0, 0.05) is 6.42 Å². The van der Waals surface area contributed by atoms with E-state index in [0.29, 0.717) is 13.0 Å². The summed E-state index contributed by atoms with van der Waals surface area (Å²) in [6.45, 7) is 3.17. The Kier molecular flexibility index (Phi) is 37.5. The maximum absolute atomic E-state index is 12.6. The number of phosphoric ester groups is 1. The van der Waals surface area contributed by atoms with Crippen molar-refractivity contribution < 1.29 is 43.0 Å². The third kappa shape index (κ3) is 37.9. The van der Waals surface area contributed by atoms with Crippen LogP contribution in [-0.4, -0.2) is 66.3 Å². The molecule has 3 unspecified atom stereocenters. The van der Waals surface area contributed by atoms with E-state index in [-0.39, 0.29) is 13.0 Å². The fraction of sp³-hybridized carbons (Fsp3) is 0.738. The summed E-state index contributed by atoms with van der Waals surface area (Å²) in [5.74, 6) is -0.408. The summed E-state index contributed by atoms with van der Waals surface area (Å²) in [7, 11) is -4.53. The SMILES string of the molecule is CC/C=C\C/C=C\C/C=C\C/C=C\C/C=C\CCOCC(COP(=O)(O)OCC(O)CO)OC(=O)CCCCCCCCCCCCCCCCC. The van der Waals surface area contributed by atoms with Crippen LogP contribution in [0.5, 0.6) is 0 Å². The molecule has 0 heterocycles. The molecule has 0 saturated heterocycles. The van der Waals surface area contributed by atoms with Crippen molar-refractivity contribution in [2.24, 2.45) is 0 Å². The summed E-state index contributed by atoms with van der Waals surface area (Å²) in [5.41, 5.74) is 0. The first kappa shape index (κ1) is 50.2. The van der Waals surface area contributed by atoms with Crippen molar-refractivity contribution in [3.63, 3.8) is 0 Å². The van der Waals surface area contributed by atoms with Crippen molar-refractivity contribution in [3.8, 4) is 0 Å². The van der Waals surface area contributed by atoms with Crippen LogP contribution >= 0.6 is 7.82 Å². The van der Waals surface area contributed by atoms with Gasteiger partial charge in [-0.3, -0.25) is 13.8 Å². The van der Waals surface area contributed by atoms with E-state index in [2.05, 4.69) is 68.5 Å². The number of carbonyl (C=O) groups excluding carboxylic acids is 1. The zero-order chi connectivity index (χ0) is 38.2. The van der Waals surface area contributed by atoms with Gasteiger partial charge in [0.05, 0.1) is 33.0 Å². The standard InChI is InChI=1S/C42H75O9P/c1-3-5-7-9-11-13-15-17-19-21-23-25-27-29-31-33-35-48-38-41(39-50-52(46,47)49-37-40(44)36-43)51-42(45)34-32-30-28-26-24-22-20-18-16-14-12-10-8-6-4-2/h5,7,11,13,17,19,23,25,29,31,40-41,43-44H,3-4,6,8-10,12,14-16,18,20-22,24,26-28,30,32-39H2,1-2H3,(H,46,47)/b7-5-,13-11-,19-17-,25-23-,31-29-. The van der Waals surface area contributed by atoms with Gasteiger partial charge >= 0.3 is 13.8 Å². The molecule has 52 heavy (non-hydrogen) atoms. The Morgan fingerprint density at radius 3 is 1.54 bits per heavy atom. The number of ether oxygens (including phenoxy) is 2. The summed E-state index contributed by atoms with van der Waals surface area (Å²) in [5, 5.41) is 18.3. The first-order valence-electron chi connectivity index (χ1n) is 20.3. The average Bonchev–Trinajstić information content (AvgIpc) is 3.13. The van der Waals surface area contributed by atoms with E-state index in [1.165, 1.54) is 77.0 Å². The maximum atomic E-state index is 12.6. The molecule has 0 rings (SSSR count). The molecule has 3 atom stereocenters. The molecule has 0 aliphatic heterocycles. The predicted molar refractivity (Wildman–Crippen MR) is 214 cm³/mol. The lowest BCUT2D eigenvalue weighted by Gasteiger charge is -2.20. The van der Waals surface area contributed by atoms with Gasteiger partial charge in [0.1, 0.15) is 12.2 Å². The largest absolute Gasteiger partial charge is 0.472 e. The molecule has 0 radical (unpaired) electrons. The normalized spacial score (nSPS) is 14.8. The molecule has 10 heteroatoms. The Hall–Kier alpha value is -1.84. The van der Waals surface area contributed by atoms with Crippen LogP contribution in [0.2, 0.25) is 0 Å². The number of hydrogen-bond acceptors (Lipinski definition) is 8. The molecule has 0 aromatic carbocycles. The third-order valence-electron chi connectivity index (χ3n) is 8.24. The van der Waals surface area contributed by atoms with E-state index < -0.39 is 45.8 Å². The molecule has 0 spiro atoms. The second-order valence-corrected chi connectivity index (χ2v) is 14.7. The molecule has 3 N–H and O–H groups in total. The summed E-state index contributed by atoms with van der Waals surface area (Å²) < 4.78 is 33.2. The summed E-state index contributed by atoms with van der Waals surface area (Å²) in [6.07, 6.45) is 43.4. The van der Waals surface area contributed by atoms with Crippen molar-refractivity contribution >= 4 is 13.8 Å². The minimum absolute atomic E-state index is 0.00539. The molecule has 0 bridgehead atoms. The first-order valence-corrected chi connectivity index (χ1v) is 21.8. The minimum atomic E-state index is -4.53. The number of hydrogen-bond donors (Lipinski definition) is 3. The molecular weight excluding hydrogens is 679 g/mol. The summed E-state index contributed by atoms with van der Waals surface area (Å²) in [4.78, 5) is 22.5. The number of esters is 1. The van der Waals surface area contributed by atoms with Crippen molar-refractivity contribution in [1.82, 2.24) is 0 Å². The number of allylic oxidation sites excluding steroid dienone is 9. The zero-order valence-corrected chi connectivity index (χ0v) is 33.7. The zero-order valence-electron chi connectivity index (χ0n) is 32.8. The lowest BCUT2D eigenvalue weighted by molar-refractivity contribution is -0.154. The Morgan fingerprint density at radius 1 is 0.615 bits per heavy atom. The molecule has 0 fully saturated rings. The molecule has 0 aliphatic carbocycles. The van der Waals surface area contributed by atoms with Gasteiger partial charge in [-0.1, -0.05) is 164 Å². The van der Waals surface area contributed by atoms with Crippen molar-refractivity contribution in [3.05, 3.63) is 60.8 Å². The van der Waals surface area contributed by atoms with Crippen LogP contribution in [0.3, 0.4) is 0 Å². The van der Waals surface area contributed by atoms with Crippen LogP contribution < -0.4 is 0 Å². The number of aliphatic hydroxyl groups is 2. The molecule has 9 nitrogen and oxygen atoms in total. The van der Waals surface area contributed by atoms with Crippen LogP contribution in [0.25, 0.3) is 0 Å². The quantitative estimate of drug-likeness (QED) is 0.0244. The molecule has 302 valence electrons. The molecule has 0 saturated carbocycles. The predicted octanol–water partition coefficient (Wildman–Crippen LogP) is 10.8. The van der Waals surface area contributed by atoms with Gasteiger partial charge in [0.2, 0.25) is 0 Å². The van der Waals surface area contributed by atoms with Gasteiger partial charge in [-0.15, -0.1) is 0 Å². The van der Waals surface area contributed by atoms with Crippen LogP contribution in [0.4, 0.5) is 0 Å². The Bertz CT molecular complexity index is 992.